The Balaban J connectivity index is 2.28. The van der Waals surface area contributed by atoms with Gasteiger partial charge >= 0.3 is 0 Å². The summed E-state index contributed by atoms with van der Waals surface area (Å²) in [6.07, 6.45) is 1.68. The molecule has 0 saturated heterocycles. The van der Waals surface area contributed by atoms with E-state index in [4.69, 9.17) is 0 Å². The second-order valence-corrected chi connectivity index (χ2v) is 6.67. The summed E-state index contributed by atoms with van der Waals surface area (Å²) in [4.78, 5) is 25.2. The third-order valence-electron chi connectivity index (χ3n) is 4.13. The van der Waals surface area contributed by atoms with Crippen LogP contribution in [-0.2, 0) is 13.1 Å². The van der Waals surface area contributed by atoms with Crippen LogP contribution in [-0.4, -0.2) is 37.9 Å². The molecule has 0 unspecified atom stereocenters. The fourth-order valence-electron chi connectivity index (χ4n) is 2.74. The Hall–Kier alpha value is -2.64. The molecule has 0 radical (unpaired) electrons. The number of anilines is 1. The molecule has 2 aromatic heterocycles. The molecule has 2 rings (SSSR count). The van der Waals surface area contributed by atoms with E-state index in [1.807, 2.05) is 34.6 Å². The van der Waals surface area contributed by atoms with Crippen LogP contribution in [0.2, 0.25) is 0 Å². The lowest BCUT2D eigenvalue weighted by Crippen LogP contribution is -2.29. The second kappa shape index (κ2) is 8.16. The Morgan fingerprint density at radius 3 is 2.35 bits per heavy atom. The lowest BCUT2D eigenvalue weighted by molar-refractivity contribution is 0.0944. The number of rotatable bonds is 7. The van der Waals surface area contributed by atoms with Crippen LogP contribution in [0.1, 0.15) is 59.9 Å². The minimum atomic E-state index is -0.293. The van der Waals surface area contributed by atoms with Crippen molar-refractivity contribution in [3.05, 3.63) is 28.8 Å². The first-order chi connectivity index (χ1) is 12.3. The van der Waals surface area contributed by atoms with E-state index < -0.39 is 0 Å². The molecule has 0 saturated carbocycles. The van der Waals surface area contributed by atoms with Gasteiger partial charge in [-0.1, -0.05) is 13.8 Å². The van der Waals surface area contributed by atoms with Crippen LogP contribution in [0.3, 0.4) is 0 Å². The van der Waals surface area contributed by atoms with Gasteiger partial charge in [-0.05, 0) is 33.6 Å². The molecular weight excluding hydrogens is 332 g/mol. The average Bonchev–Trinajstić information content (AvgIpc) is 3.12. The van der Waals surface area contributed by atoms with E-state index in [1.165, 1.54) is 0 Å². The SMILES string of the molecule is CCn1cc(NC(=O)c2c(C)nn(CC)c2C)c(C(=O)NCC(C)C)n1. The van der Waals surface area contributed by atoms with Gasteiger partial charge < -0.3 is 10.6 Å². The molecule has 0 aromatic carbocycles. The molecule has 2 heterocycles. The number of aromatic nitrogens is 4. The maximum Gasteiger partial charge on any atom is 0.273 e. The van der Waals surface area contributed by atoms with E-state index in [0.29, 0.717) is 42.5 Å². The summed E-state index contributed by atoms with van der Waals surface area (Å²) >= 11 is 0. The van der Waals surface area contributed by atoms with Crippen molar-refractivity contribution >= 4 is 17.5 Å². The lowest BCUT2D eigenvalue weighted by Gasteiger charge is -2.08. The summed E-state index contributed by atoms with van der Waals surface area (Å²) in [5.41, 5.74) is 2.62. The zero-order valence-electron chi connectivity index (χ0n) is 16.4. The smallest absolute Gasteiger partial charge is 0.273 e. The first-order valence-electron chi connectivity index (χ1n) is 8.99. The minimum Gasteiger partial charge on any atom is -0.350 e. The lowest BCUT2D eigenvalue weighted by atomic mass is 10.1. The molecule has 26 heavy (non-hydrogen) atoms. The van der Waals surface area contributed by atoms with Crippen LogP contribution >= 0.6 is 0 Å². The molecule has 2 N–H and O–H groups in total. The Labute approximate surface area is 154 Å². The van der Waals surface area contributed by atoms with Crippen LogP contribution in [0.15, 0.2) is 6.20 Å². The maximum atomic E-state index is 12.8. The third kappa shape index (κ3) is 4.12. The van der Waals surface area contributed by atoms with Crippen molar-refractivity contribution in [1.29, 1.82) is 0 Å². The number of nitrogens with one attached hydrogen (secondary N) is 2. The number of amides is 2. The van der Waals surface area contributed by atoms with Crippen molar-refractivity contribution < 1.29 is 9.59 Å². The van der Waals surface area contributed by atoms with Crippen molar-refractivity contribution in [1.82, 2.24) is 24.9 Å². The van der Waals surface area contributed by atoms with Gasteiger partial charge in [0.15, 0.2) is 5.69 Å². The summed E-state index contributed by atoms with van der Waals surface area (Å²) in [6, 6.07) is 0. The van der Waals surface area contributed by atoms with Crippen molar-refractivity contribution in [3.63, 3.8) is 0 Å². The first kappa shape index (κ1) is 19.7. The summed E-state index contributed by atoms with van der Waals surface area (Å²) in [7, 11) is 0. The first-order valence-corrected chi connectivity index (χ1v) is 8.99. The summed E-state index contributed by atoms with van der Waals surface area (Å²) in [6.45, 7) is 13.5. The molecule has 142 valence electrons. The molecule has 0 aliphatic rings. The predicted molar refractivity (Wildman–Crippen MR) is 100 cm³/mol. The van der Waals surface area contributed by atoms with Crippen LogP contribution < -0.4 is 10.6 Å². The van der Waals surface area contributed by atoms with Crippen LogP contribution in [0.4, 0.5) is 5.69 Å². The topological polar surface area (TPSA) is 93.8 Å². The monoisotopic (exact) mass is 360 g/mol. The number of hydrogen-bond donors (Lipinski definition) is 2. The molecule has 0 aliphatic heterocycles. The molecule has 0 bridgehead atoms. The van der Waals surface area contributed by atoms with Gasteiger partial charge in [-0.2, -0.15) is 10.2 Å². The summed E-state index contributed by atoms with van der Waals surface area (Å²) < 4.78 is 3.42. The highest BCUT2D eigenvalue weighted by molar-refractivity contribution is 6.09. The van der Waals surface area contributed by atoms with Gasteiger partial charge in [-0.3, -0.25) is 19.0 Å². The highest BCUT2D eigenvalue weighted by Crippen LogP contribution is 2.19. The molecule has 8 heteroatoms. The second-order valence-electron chi connectivity index (χ2n) is 6.67. The van der Waals surface area contributed by atoms with E-state index in [9.17, 15) is 9.59 Å². The highest BCUT2D eigenvalue weighted by Gasteiger charge is 2.22. The molecule has 0 spiro atoms. The molecule has 8 nitrogen and oxygen atoms in total. The van der Waals surface area contributed by atoms with E-state index in [1.54, 1.807) is 22.5 Å². The Bertz CT molecular complexity index is 803. The summed E-state index contributed by atoms with van der Waals surface area (Å²) in [5.74, 6) is -0.248. The van der Waals surface area contributed by atoms with Crippen molar-refractivity contribution in [2.24, 2.45) is 5.92 Å². The zero-order valence-corrected chi connectivity index (χ0v) is 16.4. The van der Waals surface area contributed by atoms with Gasteiger partial charge in [0.05, 0.1) is 16.9 Å². The quantitative estimate of drug-likeness (QED) is 0.793. The fraction of sp³-hybridized carbons (Fsp3) is 0.556. The van der Waals surface area contributed by atoms with Crippen molar-refractivity contribution in [3.8, 4) is 0 Å². The highest BCUT2D eigenvalue weighted by atomic mass is 16.2. The number of aryl methyl sites for hydroxylation is 3. The van der Waals surface area contributed by atoms with E-state index >= 15 is 0 Å². The fourth-order valence-corrected chi connectivity index (χ4v) is 2.74. The van der Waals surface area contributed by atoms with Crippen molar-refractivity contribution in [2.75, 3.05) is 11.9 Å². The molecule has 0 aliphatic carbocycles. The largest absolute Gasteiger partial charge is 0.350 e. The standard InChI is InChI=1S/C18H28N6O2/c1-7-23-10-14(16(22-23)18(26)19-9-11(3)4)20-17(25)15-12(5)21-24(8-2)13(15)6/h10-11H,7-9H2,1-6H3,(H,19,26)(H,20,25). The minimum absolute atomic E-state index is 0.221. The van der Waals surface area contributed by atoms with Gasteiger partial charge in [0, 0.05) is 31.5 Å². The Morgan fingerprint density at radius 1 is 1.12 bits per heavy atom. The van der Waals surface area contributed by atoms with Gasteiger partial charge in [-0.15, -0.1) is 0 Å². The van der Waals surface area contributed by atoms with Gasteiger partial charge in [0.25, 0.3) is 11.8 Å². The number of carbonyl (C=O) groups excluding carboxylic acids is 2. The normalized spacial score (nSPS) is 11.0. The number of nitrogens with zero attached hydrogens (tertiary/aromatic N) is 4. The van der Waals surface area contributed by atoms with E-state index in [-0.39, 0.29) is 17.5 Å². The Kier molecular flexibility index (Phi) is 6.18. The van der Waals surface area contributed by atoms with E-state index in [2.05, 4.69) is 20.8 Å². The van der Waals surface area contributed by atoms with E-state index in [0.717, 1.165) is 5.69 Å². The van der Waals surface area contributed by atoms with Crippen LogP contribution in [0.5, 0.6) is 0 Å². The van der Waals surface area contributed by atoms with Crippen molar-refractivity contribution in [2.45, 2.75) is 54.6 Å². The van der Waals surface area contributed by atoms with Crippen LogP contribution in [0, 0.1) is 19.8 Å². The third-order valence-corrected chi connectivity index (χ3v) is 4.13. The predicted octanol–water partition coefficient (Wildman–Crippen LogP) is 2.37. The van der Waals surface area contributed by atoms with Gasteiger partial charge in [0.2, 0.25) is 0 Å². The maximum absolute atomic E-state index is 12.8. The van der Waals surface area contributed by atoms with Crippen LogP contribution in [0.25, 0.3) is 0 Å². The molecule has 2 amide bonds. The summed E-state index contributed by atoms with van der Waals surface area (Å²) in [5, 5.41) is 14.3. The van der Waals surface area contributed by atoms with Gasteiger partial charge in [-0.25, -0.2) is 0 Å². The average molecular weight is 360 g/mol. The molecule has 0 fully saturated rings. The zero-order chi connectivity index (χ0) is 19.4. The molecular formula is C18H28N6O2. The molecule has 0 atom stereocenters. The Morgan fingerprint density at radius 2 is 1.81 bits per heavy atom. The number of hydrogen-bond acceptors (Lipinski definition) is 4. The number of carbonyl (C=O) groups is 2. The van der Waals surface area contributed by atoms with Gasteiger partial charge in [0.1, 0.15) is 0 Å². The molecule has 2 aromatic rings.